The van der Waals surface area contributed by atoms with Crippen LogP contribution in [-0.4, -0.2) is 48.8 Å². The van der Waals surface area contributed by atoms with Crippen molar-refractivity contribution in [1.29, 1.82) is 0 Å². The van der Waals surface area contributed by atoms with E-state index in [-0.39, 0.29) is 12.0 Å². The average molecular weight is 485 g/mol. The maximum Gasteiger partial charge on any atom is 0.257 e. The Morgan fingerprint density at radius 1 is 1.06 bits per heavy atom. The van der Waals surface area contributed by atoms with Gasteiger partial charge in [-0.1, -0.05) is 17.9 Å². The van der Waals surface area contributed by atoms with Gasteiger partial charge >= 0.3 is 0 Å². The van der Waals surface area contributed by atoms with Gasteiger partial charge in [0.05, 0.1) is 24.7 Å². The molecule has 0 radical (unpaired) electrons. The topological polar surface area (TPSA) is 76.6 Å². The molecule has 2 aromatic carbocycles. The van der Waals surface area contributed by atoms with Crippen LogP contribution in [0.25, 0.3) is 0 Å². The van der Waals surface area contributed by atoms with Crippen LogP contribution in [0.1, 0.15) is 53.4 Å². The molecule has 1 atom stereocenters. The highest BCUT2D eigenvalue weighted by Gasteiger charge is 2.13. The van der Waals surface area contributed by atoms with Gasteiger partial charge in [0.15, 0.2) is 5.82 Å². The van der Waals surface area contributed by atoms with Gasteiger partial charge in [0.1, 0.15) is 11.9 Å². The summed E-state index contributed by atoms with van der Waals surface area (Å²) in [6.45, 7) is 6.35. The second kappa shape index (κ2) is 12.2. The van der Waals surface area contributed by atoms with Crippen LogP contribution in [0.4, 0.5) is 11.5 Å². The molecule has 7 heteroatoms. The number of carbonyl (C=O) groups excluding carboxylic acids is 1. The van der Waals surface area contributed by atoms with Gasteiger partial charge in [0, 0.05) is 42.6 Å². The van der Waals surface area contributed by atoms with Gasteiger partial charge in [-0.3, -0.25) is 9.78 Å². The molecular formula is C29H32N4O3. The summed E-state index contributed by atoms with van der Waals surface area (Å²) in [7, 11) is 1.63. The van der Waals surface area contributed by atoms with Crippen molar-refractivity contribution in [3.05, 3.63) is 77.2 Å². The van der Waals surface area contributed by atoms with Crippen molar-refractivity contribution in [1.82, 2.24) is 9.97 Å². The van der Waals surface area contributed by atoms with Crippen LogP contribution in [0, 0.1) is 18.8 Å². The first-order valence-corrected chi connectivity index (χ1v) is 12.3. The lowest BCUT2D eigenvalue weighted by Crippen LogP contribution is -2.29. The highest BCUT2D eigenvalue weighted by Crippen LogP contribution is 2.22. The molecule has 0 saturated carbocycles. The lowest BCUT2D eigenvalue weighted by atomic mass is 10.1. The number of benzene rings is 2. The predicted octanol–water partition coefficient (Wildman–Crippen LogP) is 4.84. The Balaban J connectivity index is 1.59. The third-order valence-corrected chi connectivity index (χ3v) is 5.85. The van der Waals surface area contributed by atoms with E-state index in [4.69, 9.17) is 9.47 Å². The molecule has 1 aliphatic heterocycles. The Bertz CT molecular complexity index is 1240. The summed E-state index contributed by atoms with van der Waals surface area (Å²) in [5.41, 5.74) is 4.01. The molecule has 1 aliphatic rings. The van der Waals surface area contributed by atoms with E-state index < -0.39 is 0 Å². The van der Waals surface area contributed by atoms with Crippen LogP contribution in [0.15, 0.2) is 54.9 Å². The highest BCUT2D eigenvalue weighted by molar-refractivity contribution is 6.04. The summed E-state index contributed by atoms with van der Waals surface area (Å²) in [4.78, 5) is 23.8. The third-order valence-electron chi connectivity index (χ3n) is 5.85. The summed E-state index contributed by atoms with van der Waals surface area (Å²) in [6.07, 6.45) is 6.70. The van der Waals surface area contributed by atoms with Gasteiger partial charge < -0.3 is 19.7 Å². The summed E-state index contributed by atoms with van der Waals surface area (Å²) in [6, 6.07) is 13.6. The molecule has 0 aliphatic carbocycles. The third kappa shape index (κ3) is 7.06. The molecule has 1 aromatic heterocycles. The van der Waals surface area contributed by atoms with E-state index in [1.54, 1.807) is 25.4 Å². The number of aromatic nitrogens is 2. The van der Waals surface area contributed by atoms with Crippen LogP contribution in [-0.2, 0) is 4.74 Å². The largest absolute Gasteiger partial charge is 0.488 e. The zero-order valence-corrected chi connectivity index (χ0v) is 21.1. The molecule has 1 amide bonds. The number of nitrogens with zero attached hydrogens (tertiary/aromatic N) is 3. The molecule has 186 valence electrons. The van der Waals surface area contributed by atoms with Crippen molar-refractivity contribution in [2.45, 2.75) is 39.2 Å². The second-order valence-electron chi connectivity index (χ2n) is 8.98. The Morgan fingerprint density at radius 2 is 1.86 bits per heavy atom. The second-order valence-corrected chi connectivity index (χ2v) is 8.98. The van der Waals surface area contributed by atoms with Crippen molar-refractivity contribution in [3.8, 4) is 17.6 Å². The van der Waals surface area contributed by atoms with E-state index in [9.17, 15) is 4.79 Å². The number of methoxy groups -OCH3 is 1. The van der Waals surface area contributed by atoms with Crippen LogP contribution >= 0.6 is 0 Å². The zero-order chi connectivity index (χ0) is 25.3. The SMILES string of the molecule is COC[C@H](C)Oc1cc(C#Cc2cccc(N3CCCCC3)c2)cc(C(=O)Nc2cnc(C)cn2)c1. The number of aryl methyl sites for hydroxylation is 1. The fourth-order valence-electron chi connectivity index (χ4n) is 4.09. The average Bonchev–Trinajstić information content (AvgIpc) is 2.89. The quantitative estimate of drug-likeness (QED) is 0.484. The smallest absolute Gasteiger partial charge is 0.257 e. The van der Waals surface area contributed by atoms with E-state index in [1.165, 1.54) is 31.1 Å². The summed E-state index contributed by atoms with van der Waals surface area (Å²) in [5, 5.41) is 2.79. The molecule has 1 fully saturated rings. The highest BCUT2D eigenvalue weighted by atomic mass is 16.5. The number of ether oxygens (including phenoxy) is 2. The molecule has 3 aromatic rings. The molecule has 7 nitrogen and oxygen atoms in total. The van der Waals surface area contributed by atoms with Gasteiger partial charge in [-0.05, 0) is 69.5 Å². The number of hydrogen-bond acceptors (Lipinski definition) is 6. The van der Waals surface area contributed by atoms with E-state index in [1.807, 2.05) is 32.0 Å². The van der Waals surface area contributed by atoms with Gasteiger partial charge in [-0.15, -0.1) is 0 Å². The van der Waals surface area contributed by atoms with Crippen LogP contribution in [0.2, 0.25) is 0 Å². The van der Waals surface area contributed by atoms with Gasteiger partial charge in [-0.25, -0.2) is 4.98 Å². The van der Waals surface area contributed by atoms with Crippen molar-refractivity contribution in [2.24, 2.45) is 0 Å². The number of anilines is 2. The van der Waals surface area contributed by atoms with E-state index in [0.29, 0.717) is 29.3 Å². The number of amides is 1. The monoisotopic (exact) mass is 484 g/mol. The summed E-state index contributed by atoms with van der Waals surface area (Å²) < 4.78 is 11.2. The maximum atomic E-state index is 13.0. The van der Waals surface area contributed by atoms with Crippen LogP contribution in [0.3, 0.4) is 0 Å². The van der Waals surface area contributed by atoms with Crippen molar-refractivity contribution >= 4 is 17.4 Å². The minimum atomic E-state index is -0.312. The molecule has 1 saturated heterocycles. The molecule has 0 bridgehead atoms. The molecule has 0 spiro atoms. The lowest BCUT2D eigenvalue weighted by Gasteiger charge is -2.28. The summed E-state index contributed by atoms with van der Waals surface area (Å²) >= 11 is 0. The summed E-state index contributed by atoms with van der Waals surface area (Å²) in [5.74, 6) is 7.09. The number of hydrogen-bond donors (Lipinski definition) is 1. The number of carbonyl (C=O) groups is 1. The van der Waals surface area contributed by atoms with Gasteiger partial charge in [0.2, 0.25) is 0 Å². The fraction of sp³-hybridized carbons (Fsp3) is 0.345. The van der Waals surface area contributed by atoms with Crippen LogP contribution < -0.4 is 15.0 Å². The Morgan fingerprint density at radius 3 is 2.61 bits per heavy atom. The van der Waals surface area contributed by atoms with Crippen molar-refractivity contribution < 1.29 is 14.3 Å². The number of piperidine rings is 1. The minimum Gasteiger partial charge on any atom is -0.488 e. The number of nitrogens with one attached hydrogen (secondary N) is 1. The van der Waals surface area contributed by atoms with Gasteiger partial charge in [-0.2, -0.15) is 0 Å². The normalized spacial score (nSPS) is 13.9. The van der Waals surface area contributed by atoms with E-state index in [2.05, 4.69) is 44.2 Å². The molecule has 36 heavy (non-hydrogen) atoms. The van der Waals surface area contributed by atoms with E-state index >= 15 is 0 Å². The first-order chi connectivity index (χ1) is 17.5. The minimum absolute atomic E-state index is 0.182. The Hall–Kier alpha value is -3.89. The molecule has 0 unspecified atom stereocenters. The van der Waals surface area contributed by atoms with Gasteiger partial charge in [0.25, 0.3) is 5.91 Å². The first kappa shape index (κ1) is 25.2. The Labute approximate surface area is 212 Å². The van der Waals surface area contributed by atoms with E-state index in [0.717, 1.165) is 24.3 Å². The van der Waals surface area contributed by atoms with Crippen LogP contribution in [0.5, 0.6) is 5.75 Å². The van der Waals surface area contributed by atoms with Crippen molar-refractivity contribution in [2.75, 3.05) is 37.0 Å². The number of rotatable bonds is 7. The zero-order valence-electron chi connectivity index (χ0n) is 21.1. The lowest BCUT2D eigenvalue weighted by molar-refractivity contribution is 0.0917. The maximum absolute atomic E-state index is 13.0. The predicted molar refractivity (Wildman–Crippen MR) is 142 cm³/mol. The first-order valence-electron chi connectivity index (χ1n) is 12.3. The molecular weight excluding hydrogens is 452 g/mol. The molecule has 2 heterocycles. The standard InChI is InChI=1S/C29H32N4O3/c1-21-18-31-28(19-30-21)32-29(34)25-14-24(16-27(17-25)36-22(2)20-35-3)11-10-23-8-7-9-26(15-23)33-12-5-4-6-13-33/h7-9,14-19,22H,4-6,12-13,20H2,1-3H3,(H,31,32,34)/t22-/m0/s1. The Kier molecular flexibility index (Phi) is 8.53. The molecule has 1 N–H and O–H groups in total. The fourth-order valence-corrected chi connectivity index (χ4v) is 4.09. The molecule has 4 rings (SSSR count). The van der Waals surface area contributed by atoms with Crippen molar-refractivity contribution in [3.63, 3.8) is 0 Å².